The minimum absolute atomic E-state index is 0.0248. The number of carbonyl (C=O) groups is 6. The van der Waals surface area contributed by atoms with Crippen LogP contribution in [0.15, 0.2) is 97.6 Å². The average Bonchev–Trinajstić information content (AvgIpc) is 3.93. The lowest BCUT2D eigenvalue weighted by atomic mass is 10.0. The predicted molar refractivity (Wildman–Crippen MR) is 233 cm³/mol. The SMILES string of the molecule is C[C@H](NC(=O)[C@@H](Cc1c[nH]c2ccccc12)NC(=O)[C@@H](N)Cc1cnc[nH]1)C(=O)NN(Cc1ccc(Cl)cc1)C(=O)N[C@H](Cc1ccccc1)C(=O)N[C@@H](CCCCN)C(N)=O. The lowest BCUT2D eigenvalue weighted by molar-refractivity contribution is -0.133. The number of aromatic amines is 2. The quantitative estimate of drug-likeness (QED) is 0.0378. The van der Waals surface area contributed by atoms with Crippen LogP contribution < -0.4 is 43.9 Å². The Kier molecular flexibility index (Phi) is 17.0. The summed E-state index contributed by atoms with van der Waals surface area (Å²) in [6, 6.07) is 16.3. The van der Waals surface area contributed by atoms with E-state index in [1.807, 2.05) is 24.3 Å². The van der Waals surface area contributed by atoms with Crippen molar-refractivity contribution in [1.82, 2.24) is 46.7 Å². The van der Waals surface area contributed by atoms with Crippen molar-refractivity contribution in [3.8, 4) is 0 Å². The van der Waals surface area contributed by atoms with Gasteiger partial charge in [-0.05, 0) is 67.6 Å². The van der Waals surface area contributed by atoms with Gasteiger partial charge in [0, 0.05) is 53.3 Å². The molecule has 5 rings (SSSR count). The van der Waals surface area contributed by atoms with E-state index in [9.17, 15) is 28.8 Å². The van der Waals surface area contributed by atoms with E-state index in [0.29, 0.717) is 41.2 Å². The molecule has 0 aliphatic rings. The first kappa shape index (κ1) is 46.3. The van der Waals surface area contributed by atoms with Crippen molar-refractivity contribution in [2.24, 2.45) is 17.2 Å². The van der Waals surface area contributed by atoms with Crippen molar-refractivity contribution in [1.29, 1.82) is 0 Å². The fourth-order valence-corrected chi connectivity index (χ4v) is 6.74. The number of amides is 7. The zero-order valence-electron chi connectivity index (χ0n) is 34.2. The van der Waals surface area contributed by atoms with Crippen molar-refractivity contribution in [3.05, 3.63) is 125 Å². The standard InChI is InChI=1S/C43H53ClN12O6/c1-26(51-41(60)37(20-29-22-49-34-12-6-5-11-32(29)34)53-40(59)33(46)21-31-23-48-25-50-31)39(58)55-56(24-28-14-16-30(44)17-15-28)43(62)54-36(19-27-9-3-2-4-10-27)42(61)52-35(38(47)57)13-7-8-18-45/h2-6,9-12,14-17,22-23,25-26,33,35-37,49H,7-8,13,18-21,24,45-46H2,1H3,(H2,47,57)(H,48,50)(H,51,60)(H,52,61)(H,53,59)(H,54,62)(H,55,58)/t26-,33-,35-,36+,37+/m0/s1. The van der Waals surface area contributed by atoms with Crippen molar-refractivity contribution in [3.63, 3.8) is 0 Å². The molecule has 0 fully saturated rings. The largest absolute Gasteiger partial charge is 0.368 e. The smallest absolute Gasteiger partial charge is 0.337 e. The number of urea groups is 1. The number of nitrogens with one attached hydrogen (secondary N) is 7. The normalized spacial score (nSPS) is 13.5. The zero-order chi connectivity index (χ0) is 44.6. The summed E-state index contributed by atoms with van der Waals surface area (Å²) in [7, 11) is 0. The minimum Gasteiger partial charge on any atom is -0.368 e. The predicted octanol–water partition coefficient (Wildman–Crippen LogP) is 1.60. The fourth-order valence-electron chi connectivity index (χ4n) is 6.61. The molecule has 3 aromatic carbocycles. The average molecular weight is 869 g/mol. The number of halogens is 1. The second kappa shape index (κ2) is 22.7. The molecule has 0 aliphatic carbocycles. The number of benzene rings is 3. The molecule has 13 N–H and O–H groups in total. The van der Waals surface area contributed by atoms with Gasteiger partial charge < -0.3 is 48.4 Å². The van der Waals surface area contributed by atoms with E-state index < -0.39 is 65.8 Å². The van der Waals surface area contributed by atoms with Gasteiger partial charge in [0.25, 0.3) is 5.91 Å². The Morgan fingerprint density at radius 2 is 1.42 bits per heavy atom. The molecule has 0 radical (unpaired) electrons. The molecule has 19 heteroatoms. The summed E-state index contributed by atoms with van der Waals surface area (Å²) in [6.45, 7) is 1.62. The Morgan fingerprint density at radius 3 is 2.11 bits per heavy atom. The van der Waals surface area contributed by atoms with Crippen LogP contribution in [0, 0.1) is 0 Å². The number of H-pyrrole nitrogens is 2. The second-order valence-corrected chi connectivity index (χ2v) is 15.3. The summed E-state index contributed by atoms with van der Waals surface area (Å²) >= 11 is 6.12. The van der Waals surface area contributed by atoms with E-state index in [1.165, 1.54) is 13.3 Å². The molecule has 0 saturated heterocycles. The summed E-state index contributed by atoms with van der Waals surface area (Å²) in [4.78, 5) is 91.5. The summed E-state index contributed by atoms with van der Waals surface area (Å²) in [5.74, 6) is -3.51. The van der Waals surface area contributed by atoms with Crippen LogP contribution in [0.1, 0.15) is 48.6 Å². The summed E-state index contributed by atoms with van der Waals surface area (Å²) in [5, 5.41) is 13.0. The second-order valence-electron chi connectivity index (χ2n) is 14.9. The molecule has 328 valence electrons. The number of hydrazine groups is 1. The Bertz CT molecular complexity index is 2270. The van der Waals surface area contributed by atoms with Gasteiger partial charge in [0.1, 0.15) is 24.2 Å². The number of aromatic nitrogens is 3. The number of para-hydroxylation sites is 1. The highest BCUT2D eigenvalue weighted by atomic mass is 35.5. The maximum atomic E-state index is 14.2. The number of hydrogen-bond acceptors (Lipinski definition) is 9. The Morgan fingerprint density at radius 1 is 0.742 bits per heavy atom. The molecule has 2 heterocycles. The number of unbranched alkanes of at least 4 members (excludes halogenated alkanes) is 1. The Balaban J connectivity index is 1.34. The highest BCUT2D eigenvalue weighted by Gasteiger charge is 2.31. The van der Waals surface area contributed by atoms with Gasteiger partial charge in [-0.2, -0.15) is 0 Å². The van der Waals surface area contributed by atoms with E-state index in [2.05, 4.69) is 41.6 Å². The van der Waals surface area contributed by atoms with Gasteiger partial charge in [-0.1, -0.05) is 72.3 Å². The van der Waals surface area contributed by atoms with Crippen LogP contribution in [0.5, 0.6) is 0 Å². The van der Waals surface area contributed by atoms with Gasteiger partial charge in [-0.15, -0.1) is 0 Å². The molecule has 0 unspecified atom stereocenters. The maximum absolute atomic E-state index is 14.2. The van der Waals surface area contributed by atoms with Crippen molar-refractivity contribution >= 4 is 58.1 Å². The lowest BCUT2D eigenvalue weighted by Gasteiger charge is -2.29. The van der Waals surface area contributed by atoms with E-state index >= 15 is 0 Å². The van der Waals surface area contributed by atoms with Crippen LogP contribution in [0.4, 0.5) is 4.79 Å². The Hall–Kier alpha value is -6.76. The molecule has 0 aliphatic heterocycles. The fraction of sp³-hybridized carbons (Fsp3) is 0.326. The zero-order valence-corrected chi connectivity index (χ0v) is 35.0. The monoisotopic (exact) mass is 868 g/mol. The van der Waals surface area contributed by atoms with E-state index in [-0.39, 0.29) is 32.2 Å². The highest BCUT2D eigenvalue weighted by Crippen LogP contribution is 2.20. The number of nitrogens with two attached hydrogens (primary N) is 3. The molecule has 0 saturated carbocycles. The van der Waals surface area contributed by atoms with Crippen LogP contribution >= 0.6 is 11.6 Å². The number of imidazole rings is 1. The molecular weight excluding hydrogens is 816 g/mol. The molecule has 7 amide bonds. The number of primary amides is 1. The first-order chi connectivity index (χ1) is 29.8. The molecule has 62 heavy (non-hydrogen) atoms. The van der Waals surface area contributed by atoms with Gasteiger partial charge in [0.05, 0.1) is 18.9 Å². The van der Waals surface area contributed by atoms with E-state index in [4.69, 9.17) is 28.8 Å². The van der Waals surface area contributed by atoms with Crippen LogP contribution in [0.3, 0.4) is 0 Å². The van der Waals surface area contributed by atoms with Crippen molar-refractivity contribution in [2.75, 3.05) is 6.54 Å². The molecule has 0 bridgehead atoms. The van der Waals surface area contributed by atoms with Crippen LogP contribution in [-0.4, -0.2) is 92.3 Å². The number of carbonyl (C=O) groups excluding carboxylic acids is 6. The van der Waals surface area contributed by atoms with Crippen LogP contribution in [0.2, 0.25) is 5.02 Å². The minimum atomic E-state index is -1.25. The molecule has 18 nitrogen and oxygen atoms in total. The molecular formula is C43H53ClN12O6. The molecule has 2 aromatic heterocycles. The third kappa shape index (κ3) is 13.6. The van der Waals surface area contributed by atoms with Gasteiger partial charge in [0.2, 0.25) is 23.6 Å². The third-order valence-electron chi connectivity index (χ3n) is 10.1. The van der Waals surface area contributed by atoms with Gasteiger partial charge in [-0.3, -0.25) is 29.4 Å². The topological polar surface area (TPSA) is 288 Å². The maximum Gasteiger partial charge on any atom is 0.337 e. The first-order valence-electron chi connectivity index (χ1n) is 20.2. The third-order valence-corrected chi connectivity index (χ3v) is 10.3. The molecule has 5 aromatic rings. The number of nitrogens with zero attached hydrogens (tertiary/aromatic N) is 2. The van der Waals surface area contributed by atoms with E-state index in [0.717, 1.165) is 21.5 Å². The number of rotatable bonds is 21. The van der Waals surface area contributed by atoms with Crippen LogP contribution in [0.25, 0.3) is 10.9 Å². The van der Waals surface area contributed by atoms with Crippen molar-refractivity contribution < 1.29 is 28.8 Å². The van der Waals surface area contributed by atoms with Gasteiger partial charge >= 0.3 is 6.03 Å². The van der Waals surface area contributed by atoms with Crippen LogP contribution in [-0.2, 0) is 49.8 Å². The van der Waals surface area contributed by atoms with Gasteiger partial charge in [0.15, 0.2) is 0 Å². The highest BCUT2D eigenvalue weighted by molar-refractivity contribution is 6.30. The van der Waals surface area contributed by atoms with Gasteiger partial charge in [-0.25, -0.2) is 14.8 Å². The van der Waals surface area contributed by atoms with Crippen molar-refractivity contribution in [2.45, 2.75) is 82.2 Å². The Labute approximate surface area is 363 Å². The lowest BCUT2D eigenvalue weighted by Crippen LogP contribution is -2.60. The van der Waals surface area contributed by atoms with E-state index in [1.54, 1.807) is 67.0 Å². The molecule has 5 atom stereocenters. The first-order valence-corrected chi connectivity index (χ1v) is 20.5. The molecule has 0 spiro atoms. The summed E-state index contributed by atoms with van der Waals surface area (Å²) < 4.78 is 0. The number of hydrogen-bond donors (Lipinski definition) is 10. The summed E-state index contributed by atoms with van der Waals surface area (Å²) in [5.41, 5.74) is 23.5. The number of fused-ring (bicyclic) bond motifs is 1. The summed E-state index contributed by atoms with van der Waals surface area (Å²) in [6.07, 6.45) is 6.35.